The SMILES string of the molecule is CCNC(=NCc1cc(C(CC)CC)no1)NCC1CCN(c2ccc(F)c(F)c2)C1.I. The van der Waals surface area contributed by atoms with E-state index in [1.807, 2.05) is 13.0 Å². The average molecular weight is 561 g/mol. The van der Waals surface area contributed by atoms with Gasteiger partial charge in [-0.15, -0.1) is 24.0 Å². The molecule has 0 radical (unpaired) electrons. The predicted molar refractivity (Wildman–Crippen MR) is 135 cm³/mol. The van der Waals surface area contributed by atoms with Crippen molar-refractivity contribution in [2.45, 2.75) is 52.5 Å². The summed E-state index contributed by atoms with van der Waals surface area (Å²) in [4.78, 5) is 6.71. The molecule has 1 aromatic carbocycles. The Morgan fingerprint density at radius 2 is 1.97 bits per heavy atom. The van der Waals surface area contributed by atoms with Gasteiger partial charge in [-0.1, -0.05) is 19.0 Å². The second-order valence-electron chi connectivity index (χ2n) is 8.01. The molecule has 2 heterocycles. The highest BCUT2D eigenvalue weighted by molar-refractivity contribution is 14.0. The van der Waals surface area contributed by atoms with E-state index in [2.05, 4.69) is 39.5 Å². The van der Waals surface area contributed by atoms with E-state index >= 15 is 0 Å². The third-order valence-electron chi connectivity index (χ3n) is 5.83. The smallest absolute Gasteiger partial charge is 0.191 e. The van der Waals surface area contributed by atoms with Gasteiger partial charge in [0.15, 0.2) is 23.4 Å². The summed E-state index contributed by atoms with van der Waals surface area (Å²) in [6, 6.07) is 6.09. The Morgan fingerprint density at radius 1 is 1.19 bits per heavy atom. The lowest BCUT2D eigenvalue weighted by molar-refractivity contribution is 0.372. The summed E-state index contributed by atoms with van der Waals surface area (Å²) in [5.74, 6) is 0.682. The van der Waals surface area contributed by atoms with Crippen LogP contribution in [0.5, 0.6) is 0 Å². The maximum absolute atomic E-state index is 13.5. The zero-order chi connectivity index (χ0) is 22.2. The fourth-order valence-electron chi connectivity index (χ4n) is 3.96. The molecule has 178 valence electrons. The van der Waals surface area contributed by atoms with Gasteiger partial charge >= 0.3 is 0 Å². The molecule has 0 bridgehead atoms. The summed E-state index contributed by atoms with van der Waals surface area (Å²) in [5, 5.41) is 10.8. The van der Waals surface area contributed by atoms with Crippen molar-refractivity contribution in [1.29, 1.82) is 0 Å². The van der Waals surface area contributed by atoms with Gasteiger partial charge in [-0.2, -0.15) is 0 Å². The number of halogens is 3. The topological polar surface area (TPSA) is 65.7 Å². The molecular weight excluding hydrogens is 527 g/mol. The molecule has 0 aliphatic carbocycles. The first-order chi connectivity index (χ1) is 15.0. The number of anilines is 1. The molecule has 1 aliphatic heterocycles. The Bertz CT molecular complexity index is 872. The highest BCUT2D eigenvalue weighted by Gasteiger charge is 2.23. The van der Waals surface area contributed by atoms with Crippen LogP contribution in [0.25, 0.3) is 0 Å². The monoisotopic (exact) mass is 561 g/mol. The Kier molecular flexibility index (Phi) is 10.7. The Balaban J connectivity index is 0.00000363. The van der Waals surface area contributed by atoms with E-state index in [1.165, 1.54) is 12.1 Å². The number of hydrogen-bond acceptors (Lipinski definition) is 4. The lowest BCUT2D eigenvalue weighted by Gasteiger charge is -2.19. The fraction of sp³-hybridized carbons (Fsp3) is 0.565. The van der Waals surface area contributed by atoms with Crippen molar-refractivity contribution in [3.8, 4) is 0 Å². The van der Waals surface area contributed by atoms with Crippen LogP contribution >= 0.6 is 24.0 Å². The van der Waals surface area contributed by atoms with Crippen LogP contribution in [-0.2, 0) is 6.54 Å². The van der Waals surface area contributed by atoms with Crippen LogP contribution in [-0.4, -0.2) is 37.3 Å². The van der Waals surface area contributed by atoms with Gasteiger partial charge in [0.1, 0.15) is 6.54 Å². The molecule has 1 saturated heterocycles. The van der Waals surface area contributed by atoms with Crippen LogP contribution in [0.4, 0.5) is 14.5 Å². The lowest BCUT2D eigenvalue weighted by atomic mass is 9.99. The predicted octanol–water partition coefficient (Wildman–Crippen LogP) is 5.06. The maximum Gasteiger partial charge on any atom is 0.191 e. The molecule has 1 unspecified atom stereocenters. The van der Waals surface area contributed by atoms with E-state index in [0.717, 1.165) is 68.5 Å². The molecule has 0 saturated carbocycles. The first-order valence-corrected chi connectivity index (χ1v) is 11.2. The average Bonchev–Trinajstić information content (AvgIpc) is 3.43. The van der Waals surface area contributed by atoms with Crippen LogP contribution in [0, 0.1) is 17.6 Å². The van der Waals surface area contributed by atoms with Crippen molar-refractivity contribution in [3.63, 3.8) is 0 Å². The minimum absolute atomic E-state index is 0. The third-order valence-corrected chi connectivity index (χ3v) is 5.83. The van der Waals surface area contributed by atoms with Crippen LogP contribution in [0.2, 0.25) is 0 Å². The van der Waals surface area contributed by atoms with E-state index in [0.29, 0.717) is 18.4 Å². The van der Waals surface area contributed by atoms with Crippen LogP contribution in [0.15, 0.2) is 33.8 Å². The van der Waals surface area contributed by atoms with Crippen molar-refractivity contribution in [2.24, 2.45) is 10.9 Å². The van der Waals surface area contributed by atoms with Gasteiger partial charge in [-0.05, 0) is 44.2 Å². The molecule has 1 aliphatic rings. The van der Waals surface area contributed by atoms with Gasteiger partial charge < -0.3 is 20.1 Å². The number of guanidine groups is 1. The minimum atomic E-state index is -0.813. The molecule has 2 aromatic rings. The fourth-order valence-corrected chi connectivity index (χ4v) is 3.96. The van der Waals surface area contributed by atoms with Gasteiger partial charge in [-0.25, -0.2) is 13.8 Å². The molecule has 6 nitrogen and oxygen atoms in total. The lowest BCUT2D eigenvalue weighted by Crippen LogP contribution is -2.40. The van der Waals surface area contributed by atoms with E-state index in [-0.39, 0.29) is 24.0 Å². The number of benzene rings is 1. The van der Waals surface area contributed by atoms with Crippen LogP contribution in [0.3, 0.4) is 0 Å². The summed E-state index contributed by atoms with van der Waals surface area (Å²) in [5.41, 5.74) is 1.72. The summed E-state index contributed by atoms with van der Waals surface area (Å²) < 4.78 is 32.2. The number of aromatic nitrogens is 1. The quantitative estimate of drug-likeness (QED) is 0.255. The molecule has 0 amide bonds. The Labute approximate surface area is 206 Å². The first-order valence-electron chi connectivity index (χ1n) is 11.2. The molecule has 3 rings (SSSR count). The minimum Gasteiger partial charge on any atom is -0.371 e. The number of hydrogen-bond donors (Lipinski definition) is 2. The van der Waals surface area contributed by atoms with Crippen molar-refractivity contribution in [3.05, 3.63) is 47.4 Å². The number of aliphatic imine (C=N–C) groups is 1. The van der Waals surface area contributed by atoms with Crippen molar-refractivity contribution < 1.29 is 13.3 Å². The zero-order valence-electron chi connectivity index (χ0n) is 19.0. The van der Waals surface area contributed by atoms with E-state index < -0.39 is 11.6 Å². The number of nitrogens with zero attached hydrogens (tertiary/aromatic N) is 3. The Morgan fingerprint density at radius 3 is 2.66 bits per heavy atom. The summed E-state index contributed by atoms with van der Waals surface area (Å²) in [6.45, 7) is 9.88. The van der Waals surface area contributed by atoms with Gasteiger partial charge in [0.05, 0.1) is 5.69 Å². The van der Waals surface area contributed by atoms with Crippen molar-refractivity contribution in [1.82, 2.24) is 15.8 Å². The maximum atomic E-state index is 13.5. The summed E-state index contributed by atoms with van der Waals surface area (Å²) >= 11 is 0. The third kappa shape index (κ3) is 7.05. The van der Waals surface area contributed by atoms with Crippen LogP contribution in [0.1, 0.15) is 57.4 Å². The molecule has 9 heteroatoms. The molecule has 32 heavy (non-hydrogen) atoms. The number of rotatable bonds is 9. The first kappa shape index (κ1) is 26.3. The zero-order valence-corrected chi connectivity index (χ0v) is 21.4. The molecular formula is C23H34F2IN5O. The van der Waals surface area contributed by atoms with Crippen molar-refractivity contribution >= 4 is 35.6 Å². The second kappa shape index (κ2) is 13.0. The molecule has 2 N–H and O–H groups in total. The molecule has 1 atom stereocenters. The van der Waals surface area contributed by atoms with E-state index in [1.54, 1.807) is 6.07 Å². The van der Waals surface area contributed by atoms with E-state index in [9.17, 15) is 8.78 Å². The summed E-state index contributed by atoms with van der Waals surface area (Å²) in [7, 11) is 0. The standard InChI is InChI=1S/C23H33F2N5O.HI/c1-4-17(5-2)22-12-19(31-29-22)14-28-23(26-6-3)27-13-16-9-10-30(15-16)18-7-8-20(24)21(25)11-18;/h7-8,11-12,16-17H,4-6,9-10,13-15H2,1-3H3,(H2,26,27,28);1H. The van der Waals surface area contributed by atoms with Crippen LogP contribution < -0.4 is 15.5 Å². The van der Waals surface area contributed by atoms with Gasteiger partial charge in [0.2, 0.25) is 0 Å². The van der Waals surface area contributed by atoms with Crippen molar-refractivity contribution in [2.75, 3.05) is 31.1 Å². The normalized spacial score (nSPS) is 16.4. The van der Waals surface area contributed by atoms with Gasteiger partial charge in [-0.3, -0.25) is 0 Å². The van der Waals surface area contributed by atoms with Gasteiger partial charge in [0.25, 0.3) is 0 Å². The van der Waals surface area contributed by atoms with Gasteiger partial charge in [0, 0.05) is 49.9 Å². The highest BCUT2D eigenvalue weighted by Crippen LogP contribution is 2.25. The highest BCUT2D eigenvalue weighted by atomic mass is 127. The number of nitrogens with one attached hydrogen (secondary N) is 2. The molecule has 0 spiro atoms. The Hall–Kier alpha value is -1.91. The van der Waals surface area contributed by atoms with E-state index in [4.69, 9.17) is 4.52 Å². The largest absolute Gasteiger partial charge is 0.371 e. The summed E-state index contributed by atoms with van der Waals surface area (Å²) in [6.07, 6.45) is 3.06. The second-order valence-corrected chi connectivity index (χ2v) is 8.01. The molecule has 1 aromatic heterocycles. The molecule has 1 fully saturated rings.